The third-order valence-corrected chi connectivity index (χ3v) is 7.85. The van der Waals surface area contributed by atoms with Crippen LogP contribution in [0.5, 0.6) is 0 Å². The molecule has 1 aliphatic rings. The Bertz CT molecular complexity index is 1460. The molecule has 4 aromatic carbocycles. The third kappa shape index (κ3) is 10.3. The lowest BCUT2D eigenvalue weighted by Gasteiger charge is -2.46. The van der Waals surface area contributed by atoms with E-state index in [0.717, 1.165) is 22.3 Å². The number of hydrogen-bond acceptors (Lipinski definition) is 7. The maximum absolute atomic E-state index is 8.37. The van der Waals surface area contributed by atoms with Crippen molar-refractivity contribution in [2.75, 3.05) is 6.61 Å². The van der Waals surface area contributed by atoms with Gasteiger partial charge in [0.2, 0.25) is 12.2 Å². The van der Waals surface area contributed by atoms with Gasteiger partial charge in [0.05, 0.1) is 33.0 Å². The highest BCUT2D eigenvalue weighted by Crippen LogP contribution is 2.34. The SMILES string of the molecule is N=C(OC1O[C@H](COCc2ccccc2)[C@H](OCc2ccccc2)[C@H](OCc2ccccc2)[C@H]1OCc1ccccc1)C(Cl)(Cl)Cl. The Morgan fingerprint density at radius 2 is 0.957 bits per heavy atom. The van der Waals surface area contributed by atoms with E-state index in [1.807, 2.05) is 121 Å². The van der Waals surface area contributed by atoms with E-state index in [1.54, 1.807) is 0 Å². The largest absolute Gasteiger partial charge is 0.445 e. The molecule has 7 nitrogen and oxygen atoms in total. The maximum atomic E-state index is 8.37. The van der Waals surface area contributed by atoms with Gasteiger partial charge in [0, 0.05) is 0 Å². The average Bonchev–Trinajstić information content (AvgIpc) is 3.07. The van der Waals surface area contributed by atoms with Gasteiger partial charge in [0.1, 0.15) is 24.4 Å². The number of alkyl halides is 3. The first-order chi connectivity index (χ1) is 22.4. The summed E-state index contributed by atoms with van der Waals surface area (Å²) in [7, 11) is 0. The molecule has 1 fully saturated rings. The van der Waals surface area contributed by atoms with Gasteiger partial charge in [-0.2, -0.15) is 0 Å². The van der Waals surface area contributed by atoms with Crippen LogP contribution in [0.4, 0.5) is 0 Å². The molecule has 5 rings (SSSR count). The van der Waals surface area contributed by atoms with E-state index in [4.69, 9.17) is 68.6 Å². The first kappa shape index (κ1) is 34.4. The van der Waals surface area contributed by atoms with Crippen LogP contribution in [0.2, 0.25) is 0 Å². The van der Waals surface area contributed by atoms with Gasteiger partial charge < -0.3 is 28.4 Å². The summed E-state index contributed by atoms with van der Waals surface area (Å²) in [6.07, 6.45) is -4.17. The highest BCUT2D eigenvalue weighted by Gasteiger charge is 2.51. The topological polar surface area (TPSA) is 79.2 Å². The summed E-state index contributed by atoms with van der Waals surface area (Å²) in [5, 5.41) is 8.37. The molecule has 46 heavy (non-hydrogen) atoms. The van der Waals surface area contributed by atoms with Gasteiger partial charge in [-0.25, -0.2) is 0 Å². The van der Waals surface area contributed by atoms with E-state index in [0.29, 0.717) is 6.61 Å². The van der Waals surface area contributed by atoms with Crippen molar-refractivity contribution in [3.8, 4) is 0 Å². The normalized spacial score (nSPS) is 21.5. The fraction of sp³-hybridized carbons (Fsp3) is 0.306. The van der Waals surface area contributed by atoms with Gasteiger partial charge in [-0.15, -0.1) is 0 Å². The summed E-state index contributed by atoms with van der Waals surface area (Å²) >= 11 is 18.1. The Hall–Kier alpha value is -2.98. The maximum Gasteiger partial charge on any atom is 0.265 e. The second kappa shape index (κ2) is 17.3. The molecule has 0 saturated carbocycles. The molecule has 5 atom stereocenters. The Kier molecular flexibility index (Phi) is 12.9. The van der Waals surface area contributed by atoms with Crippen molar-refractivity contribution in [2.45, 2.75) is 60.9 Å². The van der Waals surface area contributed by atoms with E-state index >= 15 is 0 Å². The molecular formula is C36H36Cl3NO6. The lowest BCUT2D eigenvalue weighted by molar-refractivity contribution is -0.313. The fourth-order valence-electron chi connectivity index (χ4n) is 5.02. The van der Waals surface area contributed by atoms with Crippen molar-refractivity contribution in [3.05, 3.63) is 144 Å². The Morgan fingerprint density at radius 1 is 0.565 bits per heavy atom. The van der Waals surface area contributed by atoms with E-state index in [1.165, 1.54) is 0 Å². The van der Waals surface area contributed by atoms with Crippen LogP contribution in [0.3, 0.4) is 0 Å². The van der Waals surface area contributed by atoms with E-state index in [2.05, 4.69) is 0 Å². The van der Waals surface area contributed by atoms with Crippen LogP contribution >= 0.6 is 34.8 Å². The van der Waals surface area contributed by atoms with Crippen molar-refractivity contribution >= 4 is 40.7 Å². The zero-order valence-corrected chi connectivity index (χ0v) is 27.3. The molecule has 1 saturated heterocycles. The molecule has 0 radical (unpaired) electrons. The zero-order valence-electron chi connectivity index (χ0n) is 25.1. The zero-order chi connectivity index (χ0) is 32.2. The van der Waals surface area contributed by atoms with Gasteiger partial charge in [-0.1, -0.05) is 156 Å². The van der Waals surface area contributed by atoms with Crippen LogP contribution in [0, 0.1) is 5.41 Å². The average molecular weight is 685 g/mol. The van der Waals surface area contributed by atoms with Gasteiger partial charge in [0.25, 0.3) is 3.79 Å². The monoisotopic (exact) mass is 683 g/mol. The Labute approximate surface area is 284 Å². The van der Waals surface area contributed by atoms with Crippen LogP contribution in [-0.4, -0.2) is 47.0 Å². The quantitative estimate of drug-likeness (QED) is 0.0823. The predicted octanol–water partition coefficient (Wildman–Crippen LogP) is 8.05. The van der Waals surface area contributed by atoms with Gasteiger partial charge in [-0.05, 0) is 22.3 Å². The summed E-state index contributed by atoms with van der Waals surface area (Å²) in [5.74, 6) is -0.606. The first-order valence-corrected chi connectivity index (χ1v) is 16.1. The summed E-state index contributed by atoms with van der Waals surface area (Å²) < 4.78 is 36.1. The minimum Gasteiger partial charge on any atom is -0.445 e. The molecular weight excluding hydrogens is 649 g/mol. The molecule has 1 heterocycles. The second-order valence-electron chi connectivity index (χ2n) is 10.8. The van der Waals surface area contributed by atoms with Gasteiger partial charge in [-0.3, -0.25) is 5.41 Å². The Balaban J connectivity index is 1.46. The molecule has 0 amide bonds. The standard InChI is InChI=1S/C36H36Cl3NO6/c37-36(38,39)35(40)46-34-33(44-24-29-19-11-4-12-20-29)32(43-23-28-17-9-3-10-18-28)31(42-22-27-15-7-2-8-16-27)30(45-34)25-41-21-26-13-5-1-6-14-26/h1-20,30-34,40H,21-25H2/t30-,31+,32+,33-,34?/m1/s1. The van der Waals surface area contributed by atoms with Gasteiger partial charge in [0.15, 0.2) is 0 Å². The number of nitrogens with one attached hydrogen (secondary N) is 1. The third-order valence-electron chi connectivity index (χ3n) is 7.33. The second-order valence-corrected chi connectivity index (χ2v) is 13.1. The summed E-state index contributed by atoms with van der Waals surface area (Å²) in [6, 6.07) is 39.2. The lowest BCUT2D eigenvalue weighted by atomic mass is 9.97. The molecule has 0 aliphatic carbocycles. The summed E-state index contributed by atoms with van der Waals surface area (Å²) in [6.45, 7) is 1.24. The van der Waals surface area contributed by atoms with Crippen molar-refractivity contribution in [2.24, 2.45) is 0 Å². The van der Waals surface area contributed by atoms with Crippen LogP contribution in [0.1, 0.15) is 22.3 Å². The highest BCUT2D eigenvalue weighted by molar-refractivity contribution is 6.76. The lowest BCUT2D eigenvalue weighted by Crippen LogP contribution is -2.62. The van der Waals surface area contributed by atoms with E-state index < -0.39 is 40.4 Å². The minimum atomic E-state index is -2.12. The van der Waals surface area contributed by atoms with Crippen LogP contribution in [0.25, 0.3) is 0 Å². The van der Waals surface area contributed by atoms with Gasteiger partial charge >= 0.3 is 0 Å². The smallest absolute Gasteiger partial charge is 0.265 e. The minimum absolute atomic E-state index is 0.131. The molecule has 0 bridgehead atoms. The van der Waals surface area contributed by atoms with Crippen molar-refractivity contribution < 1.29 is 28.4 Å². The molecule has 0 aromatic heterocycles. The first-order valence-electron chi connectivity index (χ1n) is 14.9. The van der Waals surface area contributed by atoms with E-state index in [9.17, 15) is 0 Å². The summed E-state index contributed by atoms with van der Waals surface area (Å²) in [5.41, 5.74) is 3.87. The molecule has 4 aromatic rings. The summed E-state index contributed by atoms with van der Waals surface area (Å²) in [4.78, 5) is 0. The van der Waals surface area contributed by atoms with Crippen molar-refractivity contribution in [1.82, 2.24) is 0 Å². The number of benzene rings is 4. The fourth-order valence-corrected chi connectivity index (χ4v) is 5.16. The molecule has 0 spiro atoms. The van der Waals surface area contributed by atoms with Crippen LogP contribution in [-0.2, 0) is 54.8 Å². The van der Waals surface area contributed by atoms with Crippen molar-refractivity contribution in [1.29, 1.82) is 5.41 Å². The number of rotatable bonds is 14. The Morgan fingerprint density at radius 3 is 1.39 bits per heavy atom. The van der Waals surface area contributed by atoms with Crippen LogP contribution < -0.4 is 0 Å². The number of hydrogen-bond donors (Lipinski definition) is 1. The molecule has 1 unspecified atom stereocenters. The van der Waals surface area contributed by atoms with Crippen LogP contribution in [0.15, 0.2) is 121 Å². The predicted molar refractivity (Wildman–Crippen MR) is 179 cm³/mol. The molecule has 1 aliphatic heterocycles. The number of ether oxygens (including phenoxy) is 6. The molecule has 1 N–H and O–H groups in total. The highest BCUT2D eigenvalue weighted by atomic mass is 35.6. The van der Waals surface area contributed by atoms with Crippen molar-refractivity contribution in [3.63, 3.8) is 0 Å². The van der Waals surface area contributed by atoms with E-state index in [-0.39, 0.29) is 26.4 Å². The molecule has 10 heteroatoms. The number of halogens is 3. The molecule has 242 valence electrons.